The molecule has 0 bridgehead atoms. The van der Waals surface area contributed by atoms with Crippen molar-refractivity contribution >= 4 is 5.91 Å². The van der Waals surface area contributed by atoms with Crippen molar-refractivity contribution in [2.75, 3.05) is 13.1 Å². The second-order valence-corrected chi connectivity index (χ2v) is 5.72. The van der Waals surface area contributed by atoms with Gasteiger partial charge in [0.05, 0.1) is 6.04 Å². The van der Waals surface area contributed by atoms with Crippen LogP contribution in [0.3, 0.4) is 0 Å². The smallest absolute Gasteiger partial charge is 0.237 e. The molecule has 2 heterocycles. The third-order valence-electron chi connectivity index (χ3n) is 4.29. The van der Waals surface area contributed by atoms with Gasteiger partial charge in [0.15, 0.2) is 0 Å². The van der Waals surface area contributed by atoms with Gasteiger partial charge in [-0.3, -0.25) is 9.78 Å². The summed E-state index contributed by atoms with van der Waals surface area (Å²) in [5.41, 5.74) is 1.22. The molecular weight excluding hydrogens is 238 g/mol. The highest BCUT2D eigenvalue weighted by Gasteiger charge is 2.45. The Bertz CT molecular complexity index is 436. The molecule has 1 aliphatic heterocycles. The van der Waals surface area contributed by atoms with Gasteiger partial charge in [-0.05, 0) is 44.4 Å². The number of hydrogen-bond acceptors (Lipinski definition) is 3. The summed E-state index contributed by atoms with van der Waals surface area (Å²) in [4.78, 5) is 16.5. The van der Waals surface area contributed by atoms with Crippen LogP contribution in [0.5, 0.6) is 0 Å². The third-order valence-corrected chi connectivity index (χ3v) is 4.29. The fourth-order valence-electron chi connectivity index (χ4n) is 2.81. The Morgan fingerprint density at radius 1 is 1.42 bits per heavy atom. The molecule has 4 heteroatoms. The molecule has 102 valence electrons. The van der Waals surface area contributed by atoms with Crippen molar-refractivity contribution in [3.8, 4) is 0 Å². The molecule has 1 atom stereocenters. The Hall–Kier alpha value is -1.42. The summed E-state index contributed by atoms with van der Waals surface area (Å²) < 4.78 is 0. The fraction of sp³-hybridized carbons (Fsp3) is 0.600. The normalized spacial score (nSPS) is 24.7. The van der Waals surface area contributed by atoms with Gasteiger partial charge in [-0.2, -0.15) is 0 Å². The highest BCUT2D eigenvalue weighted by atomic mass is 16.2. The van der Waals surface area contributed by atoms with Gasteiger partial charge in [0.1, 0.15) is 0 Å². The Morgan fingerprint density at radius 2 is 2.32 bits per heavy atom. The molecule has 1 aromatic rings. The van der Waals surface area contributed by atoms with E-state index in [0.29, 0.717) is 0 Å². The minimum absolute atomic E-state index is 0.00767. The summed E-state index contributed by atoms with van der Waals surface area (Å²) in [6.07, 6.45) is 7.38. The lowest BCUT2D eigenvalue weighted by molar-refractivity contribution is -0.123. The zero-order valence-corrected chi connectivity index (χ0v) is 11.2. The summed E-state index contributed by atoms with van der Waals surface area (Å²) in [5.74, 6) is 0.155. The van der Waals surface area contributed by atoms with Gasteiger partial charge in [-0.1, -0.05) is 12.5 Å². The molecule has 19 heavy (non-hydrogen) atoms. The van der Waals surface area contributed by atoms with E-state index in [9.17, 15) is 4.79 Å². The molecule has 4 nitrogen and oxygen atoms in total. The van der Waals surface area contributed by atoms with Crippen molar-refractivity contribution in [2.24, 2.45) is 0 Å². The number of nitrogens with zero attached hydrogens (tertiary/aromatic N) is 1. The first-order valence-corrected chi connectivity index (χ1v) is 7.23. The number of rotatable bonds is 4. The van der Waals surface area contributed by atoms with Crippen LogP contribution in [0, 0.1) is 0 Å². The van der Waals surface area contributed by atoms with Gasteiger partial charge in [-0.25, -0.2) is 0 Å². The van der Waals surface area contributed by atoms with Crippen LogP contribution in [0.25, 0.3) is 0 Å². The highest BCUT2D eigenvalue weighted by molar-refractivity contribution is 5.82. The van der Waals surface area contributed by atoms with Gasteiger partial charge in [0.2, 0.25) is 5.91 Å². The minimum atomic E-state index is 0.00767. The average molecular weight is 259 g/mol. The number of amides is 1. The number of piperidine rings is 1. The molecule has 2 fully saturated rings. The molecular formula is C15H21N3O. The number of carbonyl (C=O) groups is 1. The van der Waals surface area contributed by atoms with Gasteiger partial charge in [0.25, 0.3) is 0 Å². The lowest BCUT2D eigenvalue weighted by atomic mass is 10.0. The van der Waals surface area contributed by atoms with Crippen molar-refractivity contribution in [3.63, 3.8) is 0 Å². The molecule has 2 aliphatic rings. The van der Waals surface area contributed by atoms with Crippen LogP contribution in [-0.2, 0) is 10.2 Å². The summed E-state index contributed by atoms with van der Waals surface area (Å²) in [6.45, 7) is 1.69. The molecule has 1 aromatic heterocycles. The number of aromatic nitrogens is 1. The molecule has 1 amide bonds. The first-order chi connectivity index (χ1) is 9.30. The van der Waals surface area contributed by atoms with Crippen molar-refractivity contribution in [1.29, 1.82) is 0 Å². The van der Waals surface area contributed by atoms with Gasteiger partial charge in [0, 0.05) is 23.9 Å². The minimum Gasteiger partial charge on any atom is -0.354 e. The summed E-state index contributed by atoms with van der Waals surface area (Å²) in [7, 11) is 0. The van der Waals surface area contributed by atoms with Crippen LogP contribution in [0.2, 0.25) is 0 Å². The number of pyridine rings is 1. The Morgan fingerprint density at radius 3 is 2.95 bits per heavy atom. The Balaban J connectivity index is 1.56. The van der Waals surface area contributed by atoms with Crippen LogP contribution in [-0.4, -0.2) is 30.0 Å². The molecule has 1 unspecified atom stereocenters. The molecule has 1 saturated carbocycles. The molecule has 0 spiro atoms. The lowest BCUT2D eigenvalue weighted by Gasteiger charge is -2.24. The van der Waals surface area contributed by atoms with Crippen LogP contribution in [0.4, 0.5) is 0 Å². The van der Waals surface area contributed by atoms with Crippen LogP contribution in [0.1, 0.15) is 37.8 Å². The van der Waals surface area contributed by atoms with E-state index in [0.717, 1.165) is 44.5 Å². The van der Waals surface area contributed by atoms with Crippen molar-refractivity contribution in [1.82, 2.24) is 15.6 Å². The molecule has 1 saturated heterocycles. The maximum Gasteiger partial charge on any atom is 0.237 e. The SMILES string of the molecule is O=C(NCC1(c2ccccn2)CC1)C1CCCCN1. The summed E-state index contributed by atoms with van der Waals surface area (Å²) >= 11 is 0. The number of nitrogens with one attached hydrogen (secondary N) is 2. The molecule has 0 radical (unpaired) electrons. The Kier molecular flexibility index (Phi) is 3.51. The molecule has 2 N–H and O–H groups in total. The quantitative estimate of drug-likeness (QED) is 0.858. The van der Waals surface area contributed by atoms with E-state index in [1.54, 1.807) is 0 Å². The van der Waals surface area contributed by atoms with Crippen molar-refractivity contribution < 1.29 is 4.79 Å². The Labute approximate surface area is 114 Å². The topological polar surface area (TPSA) is 54.0 Å². The first kappa shape index (κ1) is 12.6. The van der Waals surface area contributed by atoms with E-state index < -0.39 is 0 Å². The van der Waals surface area contributed by atoms with Gasteiger partial charge in [-0.15, -0.1) is 0 Å². The maximum atomic E-state index is 12.1. The molecule has 1 aliphatic carbocycles. The zero-order chi connectivity index (χ0) is 13.1. The maximum absolute atomic E-state index is 12.1. The second kappa shape index (κ2) is 5.29. The molecule has 3 rings (SSSR count). The van der Waals surface area contributed by atoms with Crippen LogP contribution < -0.4 is 10.6 Å². The molecule has 0 aromatic carbocycles. The highest BCUT2D eigenvalue weighted by Crippen LogP contribution is 2.46. The van der Waals surface area contributed by atoms with E-state index >= 15 is 0 Å². The van der Waals surface area contributed by atoms with E-state index in [1.165, 1.54) is 6.42 Å². The van der Waals surface area contributed by atoms with Gasteiger partial charge >= 0.3 is 0 Å². The van der Waals surface area contributed by atoms with Crippen molar-refractivity contribution in [2.45, 2.75) is 43.6 Å². The summed E-state index contributed by atoms with van der Waals surface area (Å²) in [5, 5.41) is 6.40. The van der Waals surface area contributed by atoms with E-state index in [1.807, 2.05) is 18.3 Å². The predicted octanol–water partition coefficient (Wildman–Crippen LogP) is 1.37. The third kappa shape index (κ3) is 2.78. The van der Waals surface area contributed by atoms with Gasteiger partial charge < -0.3 is 10.6 Å². The largest absolute Gasteiger partial charge is 0.354 e. The predicted molar refractivity (Wildman–Crippen MR) is 73.8 cm³/mol. The number of hydrogen-bond donors (Lipinski definition) is 2. The van der Waals surface area contributed by atoms with Crippen molar-refractivity contribution in [3.05, 3.63) is 30.1 Å². The zero-order valence-electron chi connectivity index (χ0n) is 11.2. The van der Waals surface area contributed by atoms with E-state index in [4.69, 9.17) is 0 Å². The monoisotopic (exact) mass is 259 g/mol. The number of carbonyl (C=O) groups excluding carboxylic acids is 1. The summed E-state index contributed by atoms with van der Waals surface area (Å²) in [6, 6.07) is 6.03. The fourth-order valence-corrected chi connectivity index (χ4v) is 2.81. The van der Waals surface area contributed by atoms with E-state index in [2.05, 4.69) is 21.7 Å². The average Bonchev–Trinajstić information content (AvgIpc) is 3.28. The lowest BCUT2D eigenvalue weighted by Crippen LogP contribution is -2.48. The standard InChI is InChI=1S/C15H21N3O/c19-14(12-5-1-3-9-16-12)18-11-15(7-8-15)13-6-2-4-10-17-13/h2,4,6,10,12,16H,1,3,5,7-9,11H2,(H,18,19). The first-order valence-electron chi connectivity index (χ1n) is 7.23. The van der Waals surface area contributed by atoms with E-state index in [-0.39, 0.29) is 17.4 Å². The van der Waals surface area contributed by atoms with Crippen LogP contribution in [0.15, 0.2) is 24.4 Å². The second-order valence-electron chi connectivity index (χ2n) is 5.72. The van der Waals surface area contributed by atoms with Crippen LogP contribution >= 0.6 is 0 Å².